The van der Waals surface area contributed by atoms with Gasteiger partial charge in [-0.1, -0.05) is 49.3 Å². The topological polar surface area (TPSA) is 68.5 Å². The van der Waals surface area contributed by atoms with Crippen LogP contribution in [0, 0.1) is 0 Å². The van der Waals surface area contributed by atoms with Gasteiger partial charge in [-0.05, 0) is 18.4 Å². The van der Waals surface area contributed by atoms with Crippen LogP contribution in [0.15, 0.2) is 34.9 Å². The van der Waals surface area contributed by atoms with E-state index in [0.717, 1.165) is 24.9 Å². The molecule has 1 aliphatic rings. The van der Waals surface area contributed by atoms with E-state index < -0.39 is 6.10 Å². The number of piperidine rings is 1. The number of carbonyl (C=O) groups is 1. The van der Waals surface area contributed by atoms with Crippen molar-refractivity contribution in [2.24, 2.45) is 0 Å². The van der Waals surface area contributed by atoms with Crippen LogP contribution in [0.2, 0.25) is 0 Å². The van der Waals surface area contributed by atoms with Crippen molar-refractivity contribution in [3.63, 3.8) is 0 Å². The van der Waals surface area contributed by atoms with E-state index >= 15 is 0 Å². The highest BCUT2D eigenvalue weighted by Gasteiger charge is 2.32. The van der Waals surface area contributed by atoms with Gasteiger partial charge in [0.2, 0.25) is 5.89 Å². The normalized spacial score (nSPS) is 19.2. The maximum absolute atomic E-state index is 13.0. The van der Waals surface area contributed by atoms with Crippen LogP contribution in [0.1, 0.15) is 61.9 Å². The lowest BCUT2D eigenvalue weighted by Gasteiger charge is -2.33. The van der Waals surface area contributed by atoms with Gasteiger partial charge in [-0.15, -0.1) is 0 Å². The molecule has 6 heteroatoms. The number of ether oxygens (including phenoxy) is 1. The summed E-state index contributed by atoms with van der Waals surface area (Å²) >= 11 is 0. The number of rotatable bonds is 5. The molecule has 1 aromatic heterocycles. The predicted octanol–water partition coefficient (Wildman–Crippen LogP) is 3.29. The lowest BCUT2D eigenvalue weighted by Crippen LogP contribution is -2.42. The van der Waals surface area contributed by atoms with Gasteiger partial charge in [0, 0.05) is 32.0 Å². The van der Waals surface area contributed by atoms with E-state index in [1.165, 1.54) is 0 Å². The molecule has 2 aromatic rings. The third-order valence-corrected chi connectivity index (χ3v) is 4.61. The fourth-order valence-corrected chi connectivity index (χ4v) is 3.21. The Bertz CT molecular complexity index is 699. The first-order chi connectivity index (χ1) is 12.1. The highest BCUT2D eigenvalue weighted by Crippen LogP contribution is 2.28. The smallest absolute Gasteiger partial charge is 0.256 e. The Morgan fingerprint density at radius 2 is 2.08 bits per heavy atom. The van der Waals surface area contributed by atoms with Crippen LogP contribution in [-0.4, -0.2) is 41.1 Å². The molecule has 25 heavy (non-hydrogen) atoms. The summed E-state index contributed by atoms with van der Waals surface area (Å²) in [6.45, 7) is 5.38. The van der Waals surface area contributed by atoms with Gasteiger partial charge in [-0.3, -0.25) is 4.79 Å². The number of carbonyl (C=O) groups excluding carboxylic acids is 1. The summed E-state index contributed by atoms with van der Waals surface area (Å²) in [5, 5.41) is 4.12. The van der Waals surface area contributed by atoms with Crippen LogP contribution in [0.4, 0.5) is 0 Å². The summed E-state index contributed by atoms with van der Waals surface area (Å²) in [7, 11) is 1.57. The van der Waals surface area contributed by atoms with E-state index in [9.17, 15) is 4.79 Å². The van der Waals surface area contributed by atoms with Crippen LogP contribution in [-0.2, 0) is 9.53 Å². The minimum atomic E-state index is -0.573. The molecule has 1 aliphatic heterocycles. The second kappa shape index (κ2) is 7.78. The Labute approximate surface area is 148 Å². The zero-order chi connectivity index (χ0) is 17.8. The molecule has 2 heterocycles. The van der Waals surface area contributed by atoms with Gasteiger partial charge in [0.1, 0.15) is 0 Å². The lowest BCUT2D eigenvalue weighted by molar-refractivity contribution is -0.143. The number of amides is 1. The third-order valence-electron chi connectivity index (χ3n) is 4.61. The minimum absolute atomic E-state index is 0.00835. The molecule has 134 valence electrons. The van der Waals surface area contributed by atoms with E-state index in [4.69, 9.17) is 9.26 Å². The quantitative estimate of drug-likeness (QED) is 0.833. The van der Waals surface area contributed by atoms with Crippen LogP contribution >= 0.6 is 0 Å². The van der Waals surface area contributed by atoms with Crippen LogP contribution in [0.25, 0.3) is 0 Å². The number of hydrogen-bond acceptors (Lipinski definition) is 5. The molecule has 0 radical (unpaired) electrons. The van der Waals surface area contributed by atoms with E-state index in [1.54, 1.807) is 7.11 Å². The monoisotopic (exact) mass is 343 g/mol. The number of aromatic nitrogens is 2. The number of likely N-dealkylation sites (tertiary alicyclic amines) is 1. The fraction of sp³-hybridized carbons (Fsp3) is 0.526. The number of hydrogen-bond donors (Lipinski definition) is 0. The number of nitrogens with zero attached hydrogens (tertiary/aromatic N) is 3. The predicted molar refractivity (Wildman–Crippen MR) is 93.1 cm³/mol. The minimum Gasteiger partial charge on any atom is -0.367 e. The van der Waals surface area contributed by atoms with Crippen molar-refractivity contribution in [3.05, 3.63) is 47.6 Å². The summed E-state index contributed by atoms with van der Waals surface area (Å²) in [5.74, 6) is 1.67. The molecule has 0 saturated carbocycles. The Morgan fingerprint density at radius 1 is 1.32 bits per heavy atom. The second-order valence-electron chi connectivity index (χ2n) is 6.80. The maximum atomic E-state index is 13.0. The van der Waals surface area contributed by atoms with E-state index in [0.29, 0.717) is 18.3 Å². The summed E-state index contributed by atoms with van der Waals surface area (Å²) in [6, 6.07) is 9.60. The van der Waals surface area contributed by atoms with Gasteiger partial charge in [0.05, 0.1) is 0 Å². The van der Waals surface area contributed by atoms with Crippen molar-refractivity contribution in [1.29, 1.82) is 0 Å². The summed E-state index contributed by atoms with van der Waals surface area (Å²) in [5.41, 5.74) is 0.874. The Hall–Kier alpha value is -2.21. The standard InChI is InChI=1S/C19H25N3O3/c1-13(2)18-20-17(21-25-18)15-10-7-11-22(12-15)19(23)16(24-3)14-8-5-4-6-9-14/h4-6,8-9,13,15-16H,7,10-12H2,1-3H3/t15-,16-/m0/s1. The average molecular weight is 343 g/mol. The fourth-order valence-electron chi connectivity index (χ4n) is 3.21. The molecular weight excluding hydrogens is 318 g/mol. The van der Waals surface area contributed by atoms with E-state index in [2.05, 4.69) is 10.1 Å². The molecule has 0 aliphatic carbocycles. The van der Waals surface area contributed by atoms with Gasteiger partial charge in [-0.25, -0.2) is 0 Å². The average Bonchev–Trinajstić information content (AvgIpc) is 3.14. The molecule has 0 bridgehead atoms. The molecule has 2 atom stereocenters. The molecule has 0 spiro atoms. The van der Waals surface area contributed by atoms with Crippen molar-refractivity contribution < 1.29 is 14.1 Å². The van der Waals surface area contributed by atoms with Gasteiger partial charge in [0.15, 0.2) is 11.9 Å². The molecular formula is C19H25N3O3. The van der Waals surface area contributed by atoms with Gasteiger partial charge in [-0.2, -0.15) is 4.98 Å². The maximum Gasteiger partial charge on any atom is 0.256 e. The summed E-state index contributed by atoms with van der Waals surface area (Å²) in [4.78, 5) is 19.3. The highest BCUT2D eigenvalue weighted by atomic mass is 16.5. The summed E-state index contributed by atoms with van der Waals surface area (Å²) < 4.78 is 10.8. The number of methoxy groups -OCH3 is 1. The van der Waals surface area contributed by atoms with Crippen molar-refractivity contribution >= 4 is 5.91 Å². The van der Waals surface area contributed by atoms with Crippen LogP contribution in [0.3, 0.4) is 0 Å². The molecule has 3 rings (SSSR count). The van der Waals surface area contributed by atoms with Crippen LogP contribution < -0.4 is 0 Å². The van der Waals surface area contributed by atoms with Gasteiger partial charge < -0.3 is 14.2 Å². The lowest BCUT2D eigenvalue weighted by atomic mass is 9.96. The zero-order valence-electron chi connectivity index (χ0n) is 15.0. The first kappa shape index (κ1) is 17.6. The first-order valence-corrected chi connectivity index (χ1v) is 8.80. The van der Waals surface area contributed by atoms with E-state index in [-0.39, 0.29) is 17.7 Å². The van der Waals surface area contributed by atoms with Crippen molar-refractivity contribution in [1.82, 2.24) is 15.0 Å². The molecule has 6 nitrogen and oxygen atoms in total. The van der Waals surface area contributed by atoms with Crippen molar-refractivity contribution in [2.45, 2.75) is 44.6 Å². The molecule has 1 fully saturated rings. The highest BCUT2D eigenvalue weighted by molar-refractivity contribution is 5.82. The Kier molecular flexibility index (Phi) is 5.48. The van der Waals surface area contributed by atoms with Gasteiger partial charge in [0.25, 0.3) is 5.91 Å². The summed E-state index contributed by atoms with van der Waals surface area (Å²) in [6.07, 6.45) is 1.31. The third kappa shape index (κ3) is 3.90. The molecule has 1 saturated heterocycles. The second-order valence-corrected chi connectivity index (χ2v) is 6.80. The largest absolute Gasteiger partial charge is 0.367 e. The Balaban J connectivity index is 1.72. The molecule has 0 unspecified atom stereocenters. The SMILES string of the molecule is CO[C@H](C(=O)N1CCC[C@H](c2noc(C(C)C)n2)C1)c1ccccc1. The molecule has 1 aromatic carbocycles. The Morgan fingerprint density at radius 3 is 2.72 bits per heavy atom. The van der Waals surface area contributed by atoms with Gasteiger partial charge >= 0.3 is 0 Å². The van der Waals surface area contributed by atoms with Crippen LogP contribution in [0.5, 0.6) is 0 Å². The number of benzene rings is 1. The molecule has 0 N–H and O–H groups in total. The first-order valence-electron chi connectivity index (χ1n) is 8.80. The molecule has 1 amide bonds. The van der Waals surface area contributed by atoms with Crippen molar-refractivity contribution in [2.75, 3.05) is 20.2 Å². The zero-order valence-corrected chi connectivity index (χ0v) is 15.0. The van der Waals surface area contributed by atoms with E-state index in [1.807, 2.05) is 49.1 Å². The van der Waals surface area contributed by atoms with Crippen molar-refractivity contribution in [3.8, 4) is 0 Å².